The van der Waals surface area contributed by atoms with E-state index >= 15 is 0 Å². The molecule has 0 radical (unpaired) electrons. The Morgan fingerprint density at radius 3 is 2.45 bits per heavy atom. The first-order valence-corrected chi connectivity index (χ1v) is 4.39. The van der Waals surface area contributed by atoms with Crippen LogP contribution < -0.4 is 0 Å². The van der Waals surface area contributed by atoms with Gasteiger partial charge in [-0.1, -0.05) is 19.3 Å². The van der Waals surface area contributed by atoms with E-state index in [0.717, 1.165) is 38.4 Å². The van der Waals surface area contributed by atoms with Crippen LogP contribution in [0.3, 0.4) is 0 Å². The largest absolute Gasteiger partial charge is 0.393 e. The molecule has 0 rings (SSSR count). The minimum atomic E-state index is -0.166. The highest BCUT2D eigenvalue weighted by Crippen LogP contribution is 2.05. The van der Waals surface area contributed by atoms with E-state index in [0.29, 0.717) is 6.42 Å². The van der Waals surface area contributed by atoms with Crippen LogP contribution >= 0.6 is 0 Å². The Morgan fingerprint density at radius 2 is 1.91 bits per heavy atom. The summed E-state index contributed by atoms with van der Waals surface area (Å²) in [6.45, 7) is 1.81. The van der Waals surface area contributed by atoms with Crippen molar-refractivity contribution < 1.29 is 9.90 Å². The second-order valence-corrected chi connectivity index (χ2v) is 3.01. The number of carbonyl (C=O) groups is 1. The molecule has 0 aliphatic carbocycles. The minimum Gasteiger partial charge on any atom is -0.393 e. The quantitative estimate of drug-likeness (QED) is 0.454. The molecule has 0 aromatic heterocycles. The molecule has 0 saturated heterocycles. The predicted molar refractivity (Wildman–Crippen MR) is 45.4 cm³/mol. The molecule has 0 aliphatic rings. The number of carbonyl (C=O) groups excluding carboxylic acids is 1. The fraction of sp³-hybridized carbons (Fsp3) is 0.889. The van der Waals surface area contributed by atoms with Crippen molar-refractivity contribution in [2.24, 2.45) is 0 Å². The Labute approximate surface area is 68.6 Å². The zero-order chi connectivity index (χ0) is 8.53. The third-order valence-electron chi connectivity index (χ3n) is 1.69. The monoisotopic (exact) mass is 158 g/mol. The Bertz CT molecular complexity index is 89.6. The predicted octanol–water partition coefficient (Wildman–Crippen LogP) is 1.91. The van der Waals surface area contributed by atoms with Crippen LogP contribution in [0, 0.1) is 0 Å². The van der Waals surface area contributed by atoms with Crippen molar-refractivity contribution in [2.45, 2.75) is 51.6 Å². The van der Waals surface area contributed by atoms with Gasteiger partial charge in [-0.25, -0.2) is 0 Å². The van der Waals surface area contributed by atoms with Gasteiger partial charge < -0.3 is 9.90 Å². The molecule has 0 spiro atoms. The minimum absolute atomic E-state index is 0.166. The lowest BCUT2D eigenvalue weighted by molar-refractivity contribution is -0.107. The van der Waals surface area contributed by atoms with Gasteiger partial charge in [-0.2, -0.15) is 0 Å². The molecule has 0 bridgehead atoms. The van der Waals surface area contributed by atoms with Crippen LogP contribution in [0.4, 0.5) is 0 Å². The van der Waals surface area contributed by atoms with Gasteiger partial charge in [0.1, 0.15) is 6.29 Å². The number of unbranched alkanes of at least 4 members (excludes halogenated alkanes) is 4. The van der Waals surface area contributed by atoms with Crippen molar-refractivity contribution in [1.29, 1.82) is 0 Å². The molecule has 0 heterocycles. The van der Waals surface area contributed by atoms with E-state index in [1.54, 1.807) is 0 Å². The molecule has 0 aromatic rings. The molecule has 11 heavy (non-hydrogen) atoms. The van der Waals surface area contributed by atoms with Crippen molar-refractivity contribution in [1.82, 2.24) is 0 Å². The summed E-state index contributed by atoms with van der Waals surface area (Å²) in [5.41, 5.74) is 0. The SMILES string of the molecule is C[C@H](O)CCCCCCC=O. The lowest BCUT2D eigenvalue weighted by Crippen LogP contribution is -1.98. The van der Waals surface area contributed by atoms with Crippen molar-refractivity contribution in [2.75, 3.05) is 0 Å². The summed E-state index contributed by atoms with van der Waals surface area (Å²) >= 11 is 0. The van der Waals surface area contributed by atoms with Crippen molar-refractivity contribution in [3.05, 3.63) is 0 Å². The Balaban J connectivity index is 2.85. The third kappa shape index (κ3) is 9.63. The fourth-order valence-corrected chi connectivity index (χ4v) is 1.02. The van der Waals surface area contributed by atoms with Gasteiger partial charge in [0.2, 0.25) is 0 Å². The molecule has 2 heteroatoms. The molecule has 1 N–H and O–H groups in total. The summed E-state index contributed by atoms with van der Waals surface area (Å²) in [7, 11) is 0. The molecular weight excluding hydrogens is 140 g/mol. The van der Waals surface area contributed by atoms with Gasteiger partial charge in [0.15, 0.2) is 0 Å². The van der Waals surface area contributed by atoms with Gasteiger partial charge in [0.25, 0.3) is 0 Å². The van der Waals surface area contributed by atoms with E-state index in [1.165, 1.54) is 0 Å². The Kier molecular flexibility index (Phi) is 7.47. The van der Waals surface area contributed by atoms with Gasteiger partial charge in [-0.05, 0) is 19.8 Å². The topological polar surface area (TPSA) is 37.3 Å². The lowest BCUT2D eigenvalue weighted by atomic mass is 10.1. The maximum absolute atomic E-state index is 9.91. The second kappa shape index (κ2) is 7.73. The molecule has 66 valence electrons. The summed E-state index contributed by atoms with van der Waals surface area (Å²) in [4.78, 5) is 9.91. The highest BCUT2D eigenvalue weighted by molar-refractivity contribution is 5.48. The summed E-state index contributed by atoms with van der Waals surface area (Å²) in [6, 6.07) is 0. The van der Waals surface area contributed by atoms with Crippen molar-refractivity contribution in [3.63, 3.8) is 0 Å². The van der Waals surface area contributed by atoms with Crippen LogP contribution in [-0.4, -0.2) is 17.5 Å². The van der Waals surface area contributed by atoms with Crippen molar-refractivity contribution in [3.8, 4) is 0 Å². The second-order valence-electron chi connectivity index (χ2n) is 3.01. The van der Waals surface area contributed by atoms with E-state index < -0.39 is 0 Å². The van der Waals surface area contributed by atoms with Gasteiger partial charge in [0.05, 0.1) is 6.10 Å². The summed E-state index contributed by atoms with van der Waals surface area (Å²) in [6.07, 6.45) is 6.72. The Morgan fingerprint density at radius 1 is 1.27 bits per heavy atom. The van der Waals surface area contributed by atoms with Crippen molar-refractivity contribution >= 4 is 6.29 Å². The molecule has 0 fully saturated rings. The van der Waals surface area contributed by atoms with Crippen LogP contribution in [0.25, 0.3) is 0 Å². The lowest BCUT2D eigenvalue weighted by Gasteiger charge is -2.02. The van der Waals surface area contributed by atoms with Crippen LogP contribution in [0.15, 0.2) is 0 Å². The van der Waals surface area contributed by atoms with E-state index in [4.69, 9.17) is 5.11 Å². The number of aliphatic hydroxyl groups is 1. The molecule has 0 aromatic carbocycles. The van der Waals surface area contributed by atoms with Gasteiger partial charge in [0, 0.05) is 6.42 Å². The number of rotatable bonds is 7. The summed E-state index contributed by atoms with van der Waals surface area (Å²) in [5, 5.41) is 8.90. The first kappa shape index (κ1) is 10.6. The highest BCUT2D eigenvalue weighted by atomic mass is 16.3. The molecule has 0 aliphatic heterocycles. The maximum atomic E-state index is 9.91. The number of hydrogen-bond donors (Lipinski definition) is 1. The van der Waals surface area contributed by atoms with Crippen LogP contribution in [-0.2, 0) is 4.79 Å². The first-order valence-electron chi connectivity index (χ1n) is 4.39. The number of hydrogen-bond acceptors (Lipinski definition) is 2. The van der Waals surface area contributed by atoms with E-state index in [1.807, 2.05) is 6.92 Å². The molecule has 1 atom stereocenters. The smallest absolute Gasteiger partial charge is 0.119 e. The first-order chi connectivity index (χ1) is 5.27. The average molecular weight is 158 g/mol. The van der Waals surface area contributed by atoms with E-state index in [9.17, 15) is 4.79 Å². The van der Waals surface area contributed by atoms with Gasteiger partial charge in [-0.3, -0.25) is 0 Å². The molecule has 2 nitrogen and oxygen atoms in total. The fourth-order valence-electron chi connectivity index (χ4n) is 1.02. The van der Waals surface area contributed by atoms with Gasteiger partial charge in [-0.15, -0.1) is 0 Å². The van der Waals surface area contributed by atoms with E-state index in [2.05, 4.69) is 0 Å². The van der Waals surface area contributed by atoms with Crippen LogP contribution in [0.2, 0.25) is 0 Å². The zero-order valence-electron chi connectivity index (χ0n) is 7.25. The molecule has 0 saturated carbocycles. The normalized spacial score (nSPS) is 12.9. The van der Waals surface area contributed by atoms with Gasteiger partial charge >= 0.3 is 0 Å². The maximum Gasteiger partial charge on any atom is 0.119 e. The Hall–Kier alpha value is -0.370. The highest BCUT2D eigenvalue weighted by Gasteiger charge is 1.94. The zero-order valence-corrected chi connectivity index (χ0v) is 7.25. The van der Waals surface area contributed by atoms with Crippen LogP contribution in [0.1, 0.15) is 45.4 Å². The molecular formula is C9H18O2. The van der Waals surface area contributed by atoms with E-state index in [-0.39, 0.29) is 6.10 Å². The summed E-state index contributed by atoms with van der Waals surface area (Å²) in [5.74, 6) is 0. The number of aliphatic hydroxyl groups excluding tert-OH is 1. The third-order valence-corrected chi connectivity index (χ3v) is 1.69. The standard InChI is InChI=1S/C9H18O2/c1-9(11)7-5-3-2-4-6-8-10/h8-9,11H,2-7H2,1H3/t9-/m0/s1. The molecule has 0 amide bonds. The number of aldehydes is 1. The summed E-state index contributed by atoms with van der Waals surface area (Å²) < 4.78 is 0. The average Bonchev–Trinajstić information content (AvgIpc) is 1.96. The molecule has 0 unspecified atom stereocenters. The van der Waals surface area contributed by atoms with Crippen LogP contribution in [0.5, 0.6) is 0 Å².